The number of rotatable bonds is 6. The van der Waals surface area contributed by atoms with Crippen LogP contribution in [-0.4, -0.2) is 50.3 Å². The molecule has 0 amide bonds. The lowest BCUT2D eigenvalue weighted by Crippen LogP contribution is -2.47. The first kappa shape index (κ1) is 13.9. The maximum Gasteiger partial charge on any atom is 0.0692 e. The van der Waals surface area contributed by atoms with Crippen LogP contribution in [0.1, 0.15) is 39.5 Å². The summed E-state index contributed by atoms with van der Waals surface area (Å²) in [6.45, 7) is 7.60. The molecule has 0 aromatic rings. The van der Waals surface area contributed by atoms with Crippen molar-refractivity contribution in [1.29, 1.82) is 0 Å². The van der Waals surface area contributed by atoms with Crippen LogP contribution >= 0.6 is 0 Å². The second-order valence-electron chi connectivity index (χ2n) is 5.19. The number of hydrogen-bond donors (Lipinski definition) is 1. The summed E-state index contributed by atoms with van der Waals surface area (Å²) in [6.07, 6.45) is 4.60. The van der Waals surface area contributed by atoms with Crippen molar-refractivity contribution in [2.75, 3.05) is 33.8 Å². The fraction of sp³-hybridized carbons (Fsp3) is 1.00. The van der Waals surface area contributed by atoms with E-state index in [-0.39, 0.29) is 5.60 Å². The Bertz CT molecular complexity index is 190. The fourth-order valence-corrected chi connectivity index (χ4v) is 2.44. The second kappa shape index (κ2) is 6.58. The highest BCUT2D eigenvalue weighted by Gasteiger charge is 2.33. The standard InChI is InChI=1S/C13H28N2O/c1-5-13(6-2)11-12(7-10-16-13)14-8-9-15(3)4/h12,14H,5-11H2,1-4H3. The smallest absolute Gasteiger partial charge is 0.0692 e. The number of likely N-dealkylation sites (N-methyl/N-ethyl adjacent to an activating group) is 1. The summed E-state index contributed by atoms with van der Waals surface area (Å²) in [5.41, 5.74) is 0.147. The summed E-state index contributed by atoms with van der Waals surface area (Å²) in [7, 11) is 4.24. The lowest BCUT2D eigenvalue weighted by Gasteiger charge is -2.40. The third-order valence-electron chi connectivity index (χ3n) is 3.77. The summed E-state index contributed by atoms with van der Waals surface area (Å²) in [6, 6.07) is 0.647. The van der Waals surface area contributed by atoms with Crippen LogP contribution in [0, 0.1) is 0 Å². The van der Waals surface area contributed by atoms with Gasteiger partial charge in [0.1, 0.15) is 0 Å². The van der Waals surface area contributed by atoms with E-state index in [1.165, 1.54) is 6.42 Å². The Kier molecular flexibility index (Phi) is 5.73. The highest BCUT2D eigenvalue weighted by Crippen LogP contribution is 2.31. The van der Waals surface area contributed by atoms with Gasteiger partial charge in [-0.25, -0.2) is 0 Å². The fourth-order valence-electron chi connectivity index (χ4n) is 2.44. The third kappa shape index (κ3) is 4.04. The van der Waals surface area contributed by atoms with Gasteiger partial charge >= 0.3 is 0 Å². The van der Waals surface area contributed by atoms with Crippen molar-refractivity contribution in [2.45, 2.75) is 51.2 Å². The molecule has 1 N–H and O–H groups in total. The van der Waals surface area contributed by atoms with Gasteiger partial charge in [0.25, 0.3) is 0 Å². The van der Waals surface area contributed by atoms with Crippen molar-refractivity contribution < 1.29 is 4.74 Å². The van der Waals surface area contributed by atoms with E-state index in [0.29, 0.717) is 6.04 Å². The highest BCUT2D eigenvalue weighted by molar-refractivity contribution is 4.88. The first-order valence-corrected chi connectivity index (χ1v) is 6.64. The first-order valence-electron chi connectivity index (χ1n) is 6.64. The molecule has 1 heterocycles. The zero-order valence-corrected chi connectivity index (χ0v) is 11.4. The van der Waals surface area contributed by atoms with Crippen LogP contribution < -0.4 is 5.32 Å². The maximum absolute atomic E-state index is 5.97. The van der Waals surface area contributed by atoms with E-state index in [2.05, 4.69) is 38.2 Å². The molecular weight excluding hydrogens is 200 g/mol. The highest BCUT2D eigenvalue weighted by atomic mass is 16.5. The Morgan fingerprint density at radius 1 is 1.31 bits per heavy atom. The SMILES string of the molecule is CCC1(CC)CC(NCCN(C)C)CCO1. The van der Waals surface area contributed by atoms with Gasteiger partial charge in [-0.3, -0.25) is 0 Å². The molecule has 1 aliphatic rings. The third-order valence-corrected chi connectivity index (χ3v) is 3.77. The zero-order valence-electron chi connectivity index (χ0n) is 11.4. The number of nitrogens with one attached hydrogen (secondary N) is 1. The molecule has 1 saturated heterocycles. The predicted molar refractivity (Wildman–Crippen MR) is 68.8 cm³/mol. The van der Waals surface area contributed by atoms with Crippen LogP contribution in [0.3, 0.4) is 0 Å². The van der Waals surface area contributed by atoms with Crippen molar-refractivity contribution in [3.8, 4) is 0 Å². The minimum absolute atomic E-state index is 0.147. The molecular formula is C13H28N2O. The normalized spacial score (nSPS) is 24.9. The maximum atomic E-state index is 5.97. The van der Waals surface area contributed by atoms with Gasteiger partial charge in [-0.2, -0.15) is 0 Å². The van der Waals surface area contributed by atoms with Crippen molar-refractivity contribution in [3.63, 3.8) is 0 Å². The van der Waals surface area contributed by atoms with E-state index in [4.69, 9.17) is 4.74 Å². The monoisotopic (exact) mass is 228 g/mol. The van der Waals surface area contributed by atoms with Gasteiger partial charge in [0.2, 0.25) is 0 Å². The van der Waals surface area contributed by atoms with Gasteiger partial charge in [-0.1, -0.05) is 13.8 Å². The zero-order chi connectivity index (χ0) is 12.0. The molecule has 96 valence electrons. The number of ether oxygens (including phenoxy) is 1. The van der Waals surface area contributed by atoms with E-state index >= 15 is 0 Å². The Labute approximate surface area is 101 Å². The summed E-state index contributed by atoms with van der Waals surface area (Å²) in [5, 5.41) is 3.65. The van der Waals surface area contributed by atoms with Crippen LogP contribution in [0.2, 0.25) is 0 Å². The van der Waals surface area contributed by atoms with Crippen molar-refractivity contribution in [1.82, 2.24) is 10.2 Å². The predicted octanol–water partition coefficient (Wildman–Crippen LogP) is 1.88. The molecule has 1 aliphatic heterocycles. The molecule has 0 aliphatic carbocycles. The average Bonchev–Trinajstić information content (AvgIpc) is 2.29. The molecule has 0 aromatic heterocycles. The van der Waals surface area contributed by atoms with Gasteiger partial charge in [0, 0.05) is 25.7 Å². The summed E-state index contributed by atoms with van der Waals surface area (Å²) in [4.78, 5) is 2.22. The lowest BCUT2D eigenvalue weighted by atomic mass is 9.86. The number of hydrogen-bond acceptors (Lipinski definition) is 3. The minimum Gasteiger partial charge on any atom is -0.375 e. The molecule has 1 fully saturated rings. The molecule has 1 unspecified atom stereocenters. The first-order chi connectivity index (χ1) is 7.62. The molecule has 16 heavy (non-hydrogen) atoms. The Balaban J connectivity index is 2.32. The van der Waals surface area contributed by atoms with Crippen LogP contribution in [0.15, 0.2) is 0 Å². The van der Waals surface area contributed by atoms with Crippen LogP contribution in [0.4, 0.5) is 0 Å². The molecule has 0 bridgehead atoms. The largest absolute Gasteiger partial charge is 0.375 e. The van der Waals surface area contributed by atoms with Crippen LogP contribution in [-0.2, 0) is 4.74 Å². The van der Waals surface area contributed by atoms with Gasteiger partial charge in [0.15, 0.2) is 0 Å². The number of nitrogens with zero attached hydrogens (tertiary/aromatic N) is 1. The van der Waals surface area contributed by atoms with E-state index in [1.54, 1.807) is 0 Å². The minimum atomic E-state index is 0.147. The average molecular weight is 228 g/mol. The topological polar surface area (TPSA) is 24.5 Å². The van der Waals surface area contributed by atoms with Gasteiger partial charge < -0.3 is 15.0 Å². The van der Waals surface area contributed by atoms with Crippen molar-refractivity contribution in [3.05, 3.63) is 0 Å². The summed E-state index contributed by atoms with van der Waals surface area (Å²) in [5.74, 6) is 0. The van der Waals surface area contributed by atoms with Crippen LogP contribution in [0.5, 0.6) is 0 Å². The molecule has 3 heteroatoms. The summed E-state index contributed by atoms with van der Waals surface area (Å²) >= 11 is 0. The lowest BCUT2D eigenvalue weighted by molar-refractivity contribution is -0.0930. The van der Waals surface area contributed by atoms with Gasteiger partial charge in [0.05, 0.1) is 5.60 Å². The Morgan fingerprint density at radius 3 is 2.56 bits per heavy atom. The molecule has 0 saturated carbocycles. The molecule has 0 spiro atoms. The molecule has 1 atom stereocenters. The van der Waals surface area contributed by atoms with Gasteiger partial charge in [-0.05, 0) is 39.8 Å². The van der Waals surface area contributed by atoms with E-state index in [0.717, 1.165) is 39.0 Å². The molecule has 0 radical (unpaired) electrons. The van der Waals surface area contributed by atoms with Crippen LogP contribution in [0.25, 0.3) is 0 Å². The van der Waals surface area contributed by atoms with E-state index in [1.807, 2.05) is 0 Å². The van der Waals surface area contributed by atoms with Gasteiger partial charge in [-0.15, -0.1) is 0 Å². The molecule has 0 aromatic carbocycles. The Hall–Kier alpha value is -0.120. The van der Waals surface area contributed by atoms with E-state index < -0.39 is 0 Å². The Morgan fingerprint density at radius 2 is 2.00 bits per heavy atom. The van der Waals surface area contributed by atoms with E-state index in [9.17, 15) is 0 Å². The summed E-state index contributed by atoms with van der Waals surface area (Å²) < 4.78 is 5.97. The van der Waals surface area contributed by atoms with Crippen molar-refractivity contribution >= 4 is 0 Å². The molecule has 3 nitrogen and oxygen atoms in total. The molecule has 1 rings (SSSR count). The second-order valence-corrected chi connectivity index (χ2v) is 5.19. The van der Waals surface area contributed by atoms with Crippen molar-refractivity contribution in [2.24, 2.45) is 0 Å². The quantitative estimate of drug-likeness (QED) is 0.751.